The third-order valence-corrected chi connectivity index (χ3v) is 3.49. The summed E-state index contributed by atoms with van der Waals surface area (Å²) in [6.45, 7) is 1.84. The number of para-hydroxylation sites is 1. The van der Waals surface area contributed by atoms with Gasteiger partial charge in [0.1, 0.15) is 11.3 Å². The Balaban J connectivity index is 1.89. The first kappa shape index (κ1) is 17.9. The van der Waals surface area contributed by atoms with Crippen LogP contribution in [0.5, 0.6) is 5.75 Å². The number of rotatable bonds is 6. The third kappa shape index (κ3) is 4.54. The number of nitro benzene ring substituents is 1. The third-order valence-electron chi connectivity index (χ3n) is 3.49. The van der Waals surface area contributed by atoms with Crippen molar-refractivity contribution in [2.45, 2.75) is 6.92 Å². The minimum Gasteiger partial charge on any atom is -0.508 e. The van der Waals surface area contributed by atoms with E-state index in [2.05, 4.69) is 10.6 Å². The van der Waals surface area contributed by atoms with E-state index < -0.39 is 10.8 Å². The molecule has 0 aliphatic carbocycles. The monoisotopic (exact) mass is 343 g/mol. The summed E-state index contributed by atoms with van der Waals surface area (Å²) in [7, 11) is 0. The highest BCUT2D eigenvalue weighted by atomic mass is 16.6. The molecule has 0 bridgehead atoms. The molecule has 0 saturated carbocycles. The molecular weight excluding hydrogens is 326 g/mol. The molecule has 0 atom stereocenters. The van der Waals surface area contributed by atoms with E-state index in [-0.39, 0.29) is 36.0 Å². The fourth-order valence-electron chi connectivity index (χ4n) is 2.25. The van der Waals surface area contributed by atoms with Crippen molar-refractivity contribution >= 4 is 17.5 Å². The summed E-state index contributed by atoms with van der Waals surface area (Å²) < 4.78 is 0. The van der Waals surface area contributed by atoms with Gasteiger partial charge in [-0.3, -0.25) is 19.7 Å². The molecule has 0 unspecified atom stereocenters. The summed E-state index contributed by atoms with van der Waals surface area (Å²) in [6, 6.07) is 10.3. The second kappa shape index (κ2) is 7.91. The van der Waals surface area contributed by atoms with Crippen LogP contribution in [0.4, 0.5) is 5.69 Å². The number of aryl methyl sites for hydroxylation is 1. The van der Waals surface area contributed by atoms with Crippen LogP contribution in [0.25, 0.3) is 0 Å². The van der Waals surface area contributed by atoms with Crippen molar-refractivity contribution < 1.29 is 19.6 Å². The predicted molar refractivity (Wildman–Crippen MR) is 90.6 cm³/mol. The van der Waals surface area contributed by atoms with Crippen LogP contribution in [0.2, 0.25) is 0 Å². The van der Waals surface area contributed by atoms with Gasteiger partial charge in [0.2, 0.25) is 0 Å². The molecular formula is C17H17N3O5. The van der Waals surface area contributed by atoms with Gasteiger partial charge < -0.3 is 15.7 Å². The van der Waals surface area contributed by atoms with Gasteiger partial charge in [0.25, 0.3) is 17.5 Å². The Hall–Kier alpha value is -3.42. The molecule has 2 aromatic rings. The summed E-state index contributed by atoms with van der Waals surface area (Å²) in [5.41, 5.74) is 0.528. The van der Waals surface area contributed by atoms with E-state index in [1.165, 1.54) is 30.3 Å². The maximum absolute atomic E-state index is 12.1. The van der Waals surface area contributed by atoms with Crippen molar-refractivity contribution in [1.82, 2.24) is 10.6 Å². The molecule has 0 saturated heterocycles. The van der Waals surface area contributed by atoms with Gasteiger partial charge in [0, 0.05) is 24.2 Å². The van der Waals surface area contributed by atoms with E-state index >= 15 is 0 Å². The predicted octanol–water partition coefficient (Wildman–Crippen LogP) is 1.77. The molecule has 0 radical (unpaired) electrons. The molecule has 2 rings (SSSR count). The molecule has 0 aliphatic rings. The number of phenolic OH excluding ortho intramolecular Hbond substituents is 1. The first-order valence-electron chi connectivity index (χ1n) is 7.49. The van der Waals surface area contributed by atoms with Crippen LogP contribution >= 0.6 is 0 Å². The van der Waals surface area contributed by atoms with Crippen LogP contribution in [0.1, 0.15) is 26.3 Å². The molecule has 2 amide bonds. The second-order valence-electron chi connectivity index (χ2n) is 5.29. The summed E-state index contributed by atoms with van der Waals surface area (Å²) in [5, 5.41) is 25.4. The molecule has 2 aromatic carbocycles. The quantitative estimate of drug-likeness (QED) is 0.419. The summed E-state index contributed by atoms with van der Waals surface area (Å²) in [6.07, 6.45) is 0. The van der Waals surface area contributed by atoms with Gasteiger partial charge in [0.15, 0.2) is 0 Å². The average Bonchev–Trinajstić information content (AvgIpc) is 2.58. The van der Waals surface area contributed by atoms with Gasteiger partial charge in [-0.15, -0.1) is 0 Å². The highest BCUT2D eigenvalue weighted by Gasteiger charge is 2.21. The molecule has 8 nitrogen and oxygen atoms in total. The van der Waals surface area contributed by atoms with Crippen LogP contribution in [0.3, 0.4) is 0 Å². The minimum absolute atomic E-state index is 0.0186. The zero-order valence-electron chi connectivity index (χ0n) is 13.5. The van der Waals surface area contributed by atoms with Crippen LogP contribution in [-0.2, 0) is 0 Å². The summed E-state index contributed by atoms with van der Waals surface area (Å²) in [4.78, 5) is 34.5. The first-order chi connectivity index (χ1) is 11.9. The fraction of sp³-hybridized carbons (Fsp3) is 0.176. The first-order valence-corrected chi connectivity index (χ1v) is 7.49. The van der Waals surface area contributed by atoms with Gasteiger partial charge >= 0.3 is 0 Å². The van der Waals surface area contributed by atoms with E-state index in [1.54, 1.807) is 19.1 Å². The molecule has 0 fully saturated rings. The zero-order valence-corrected chi connectivity index (χ0v) is 13.5. The Kier molecular flexibility index (Phi) is 5.67. The van der Waals surface area contributed by atoms with Crippen LogP contribution in [0.15, 0.2) is 42.5 Å². The number of carbonyl (C=O) groups excluding carboxylic acids is 2. The van der Waals surface area contributed by atoms with E-state index in [0.717, 1.165) is 0 Å². The average molecular weight is 343 g/mol. The van der Waals surface area contributed by atoms with Gasteiger partial charge in [0.05, 0.1) is 4.92 Å². The number of amides is 2. The maximum Gasteiger partial charge on any atom is 0.285 e. The largest absolute Gasteiger partial charge is 0.508 e. The number of nitrogens with zero attached hydrogens (tertiary/aromatic N) is 1. The lowest BCUT2D eigenvalue weighted by Crippen LogP contribution is -2.34. The molecule has 25 heavy (non-hydrogen) atoms. The normalized spacial score (nSPS) is 10.1. The number of nitro groups is 1. The summed E-state index contributed by atoms with van der Waals surface area (Å²) in [5.74, 6) is -0.867. The van der Waals surface area contributed by atoms with E-state index in [9.17, 15) is 24.8 Å². The van der Waals surface area contributed by atoms with Crippen molar-refractivity contribution in [2.24, 2.45) is 0 Å². The highest BCUT2D eigenvalue weighted by molar-refractivity contribution is 5.98. The van der Waals surface area contributed by atoms with Gasteiger partial charge in [-0.25, -0.2) is 0 Å². The molecule has 0 heterocycles. The van der Waals surface area contributed by atoms with Crippen LogP contribution in [-0.4, -0.2) is 34.9 Å². The fourth-order valence-corrected chi connectivity index (χ4v) is 2.25. The van der Waals surface area contributed by atoms with Gasteiger partial charge in [-0.05, 0) is 37.3 Å². The SMILES string of the molecule is Cc1cccc(C(=O)NCCNC(=O)c2ccc(O)cc2)c1[N+](=O)[O-]. The van der Waals surface area contributed by atoms with Gasteiger partial charge in [-0.1, -0.05) is 12.1 Å². The number of hydrogen-bond donors (Lipinski definition) is 3. The van der Waals surface area contributed by atoms with Crippen molar-refractivity contribution in [2.75, 3.05) is 13.1 Å². The highest BCUT2D eigenvalue weighted by Crippen LogP contribution is 2.22. The molecule has 8 heteroatoms. The van der Waals surface area contributed by atoms with Crippen molar-refractivity contribution in [3.05, 3.63) is 69.3 Å². The molecule has 0 aliphatic heterocycles. The lowest BCUT2D eigenvalue weighted by molar-refractivity contribution is -0.385. The second-order valence-corrected chi connectivity index (χ2v) is 5.29. The van der Waals surface area contributed by atoms with Crippen molar-refractivity contribution in [3.63, 3.8) is 0 Å². The lowest BCUT2D eigenvalue weighted by Gasteiger charge is -2.08. The van der Waals surface area contributed by atoms with E-state index in [0.29, 0.717) is 11.1 Å². The standard InChI is InChI=1S/C17H17N3O5/c1-11-3-2-4-14(15(11)20(24)25)17(23)19-10-9-18-16(22)12-5-7-13(21)8-6-12/h2-8,21H,9-10H2,1H3,(H,18,22)(H,19,23). The molecule has 0 aromatic heterocycles. The maximum atomic E-state index is 12.1. The summed E-state index contributed by atoms with van der Waals surface area (Å²) >= 11 is 0. The Morgan fingerprint density at radius 1 is 1.04 bits per heavy atom. The van der Waals surface area contributed by atoms with Gasteiger partial charge in [-0.2, -0.15) is 0 Å². The Morgan fingerprint density at radius 3 is 2.24 bits per heavy atom. The molecule has 0 spiro atoms. The Labute approximate surface area is 143 Å². The van der Waals surface area contributed by atoms with E-state index in [4.69, 9.17) is 0 Å². The molecule has 3 N–H and O–H groups in total. The Morgan fingerprint density at radius 2 is 1.64 bits per heavy atom. The van der Waals surface area contributed by atoms with Crippen molar-refractivity contribution in [3.8, 4) is 5.75 Å². The molecule has 130 valence electrons. The number of benzene rings is 2. The number of nitrogens with one attached hydrogen (secondary N) is 2. The topological polar surface area (TPSA) is 122 Å². The van der Waals surface area contributed by atoms with Crippen LogP contribution < -0.4 is 10.6 Å². The lowest BCUT2D eigenvalue weighted by atomic mass is 10.1. The smallest absolute Gasteiger partial charge is 0.285 e. The van der Waals surface area contributed by atoms with E-state index in [1.807, 2.05) is 0 Å². The number of carbonyl (C=O) groups is 2. The number of phenols is 1. The van der Waals surface area contributed by atoms with Crippen LogP contribution in [0, 0.1) is 17.0 Å². The number of aromatic hydroxyl groups is 1. The zero-order chi connectivity index (χ0) is 18.4. The van der Waals surface area contributed by atoms with Crippen molar-refractivity contribution in [1.29, 1.82) is 0 Å². The minimum atomic E-state index is -0.586. The number of hydrogen-bond acceptors (Lipinski definition) is 5. The Bertz CT molecular complexity index is 802.